The van der Waals surface area contributed by atoms with E-state index in [9.17, 15) is 44.9 Å². The lowest BCUT2D eigenvalue weighted by Crippen LogP contribution is -2.35. The number of ether oxygens (including phenoxy) is 2. The minimum absolute atomic E-state index is 0.0628. The topological polar surface area (TPSA) is 177 Å². The van der Waals surface area contributed by atoms with Gasteiger partial charge < -0.3 is 45.2 Å². The Morgan fingerprint density at radius 2 is 1.59 bits per heavy atom. The zero-order valence-corrected chi connectivity index (χ0v) is 17.5. The van der Waals surface area contributed by atoms with Crippen molar-refractivity contribution in [2.24, 2.45) is 0 Å². The van der Waals surface area contributed by atoms with Crippen molar-refractivity contribution in [3.63, 3.8) is 0 Å². The van der Waals surface area contributed by atoms with Crippen LogP contribution in [-0.4, -0.2) is 47.8 Å². The molecular weight excluding hydrogens is 455 g/mol. The molecule has 0 spiro atoms. The summed E-state index contributed by atoms with van der Waals surface area (Å²) in [5.41, 5.74) is 0.000609. The highest BCUT2D eigenvalue weighted by Crippen LogP contribution is 2.45. The summed E-state index contributed by atoms with van der Waals surface area (Å²) < 4.78 is 25.7. The Kier molecular flexibility index (Phi) is 5.40. The number of rotatable bonds is 3. The van der Waals surface area contributed by atoms with Gasteiger partial charge in [-0.05, 0) is 24.6 Å². The van der Waals surface area contributed by atoms with Crippen molar-refractivity contribution in [3.05, 3.63) is 58.4 Å². The van der Waals surface area contributed by atoms with Crippen molar-refractivity contribution < 1.29 is 54.4 Å². The number of aryl methyl sites for hydroxylation is 1. The van der Waals surface area contributed by atoms with Crippen LogP contribution >= 0.6 is 0 Å². The van der Waals surface area contributed by atoms with Crippen molar-refractivity contribution in [1.82, 2.24) is 0 Å². The maximum absolute atomic E-state index is 14.4. The molecule has 3 aromatic rings. The molecule has 7 N–H and O–H groups in total. The lowest BCUT2D eigenvalue weighted by molar-refractivity contribution is -0.0194. The fourth-order valence-electron chi connectivity index (χ4n) is 3.79. The summed E-state index contributed by atoms with van der Waals surface area (Å²) in [7, 11) is 0. The van der Waals surface area contributed by atoms with E-state index in [1.165, 1.54) is 18.2 Å². The SMILES string of the molecule is Cc1cc(O)c(O)cc1[C@H]1Oc2cc(O)cc(O)c2CC1OC(=O)c1cc(O)c(O)c(O)c1F. The van der Waals surface area contributed by atoms with Gasteiger partial charge in [-0.15, -0.1) is 0 Å². The molecule has 0 aliphatic carbocycles. The second-order valence-electron chi connectivity index (χ2n) is 7.78. The largest absolute Gasteiger partial charge is 0.508 e. The van der Waals surface area contributed by atoms with Crippen molar-refractivity contribution >= 4 is 5.97 Å². The number of hydrogen-bond acceptors (Lipinski definition) is 10. The van der Waals surface area contributed by atoms with Crippen LogP contribution in [0.15, 0.2) is 30.3 Å². The highest BCUT2D eigenvalue weighted by Gasteiger charge is 2.38. The molecule has 0 radical (unpaired) electrons. The smallest absolute Gasteiger partial charge is 0.341 e. The Morgan fingerprint density at radius 1 is 0.912 bits per heavy atom. The molecule has 34 heavy (non-hydrogen) atoms. The molecule has 1 heterocycles. The fraction of sp³-hybridized carbons (Fsp3) is 0.174. The Hall–Kier alpha value is -4.54. The molecule has 0 bridgehead atoms. The standard InChI is InChI=1S/C23H19FO10/c1-8-2-14(27)15(28)5-10(8)22-18(7-11-13(26)3-9(25)4-17(11)33-22)34-23(32)12-6-16(29)20(30)21(31)19(12)24/h2-6,18,22,25-31H,7H2,1H3/t18?,22-/m1/s1. The van der Waals surface area contributed by atoms with Gasteiger partial charge in [-0.2, -0.15) is 0 Å². The maximum atomic E-state index is 14.4. The van der Waals surface area contributed by atoms with E-state index < -0.39 is 58.3 Å². The minimum atomic E-state index is -1.53. The summed E-state index contributed by atoms with van der Waals surface area (Å²) >= 11 is 0. The Bertz CT molecular complexity index is 1320. The summed E-state index contributed by atoms with van der Waals surface area (Å²) in [6.45, 7) is 1.59. The van der Waals surface area contributed by atoms with E-state index in [0.717, 1.165) is 6.07 Å². The second kappa shape index (κ2) is 8.10. The number of hydrogen-bond donors (Lipinski definition) is 7. The summed E-state index contributed by atoms with van der Waals surface area (Å²) in [4.78, 5) is 12.8. The minimum Gasteiger partial charge on any atom is -0.508 e. The van der Waals surface area contributed by atoms with Crippen LogP contribution in [0.2, 0.25) is 0 Å². The number of phenolic OH excluding ortho intramolecular Hbond substituents is 7. The zero-order chi connectivity index (χ0) is 24.9. The van der Waals surface area contributed by atoms with E-state index in [1.54, 1.807) is 6.92 Å². The molecule has 0 amide bonds. The predicted molar refractivity (Wildman–Crippen MR) is 112 cm³/mol. The van der Waals surface area contributed by atoms with Gasteiger partial charge in [-0.1, -0.05) is 0 Å². The Balaban J connectivity index is 1.78. The van der Waals surface area contributed by atoms with Gasteiger partial charge in [0.15, 0.2) is 34.9 Å². The number of esters is 1. The normalized spacial score (nSPS) is 17.0. The van der Waals surface area contributed by atoms with E-state index in [1.807, 2.05) is 0 Å². The highest BCUT2D eigenvalue weighted by molar-refractivity contribution is 5.91. The molecule has 2 atom stereocenters. The fourth-order valence-corrected chi connectivity index (χ4v) is 3.79. The summed E-state index contributed by atoms with van der Waals surface area (Å²) in [6.07, 6.45) is -2.56. The van der Waals surface area contributed by atoms with Crippen LogP contribution in [0, 0.1) is 12.7 Å². The average molecular weight is 474 g/mol. The van der Waals surface area contributed by atoms with Crippen LogP contribution in [0.3, 0.4) is 0 Å². The number of fused-ring (bicyclic) bond motifs is 1. The van der Waals surface area contributed by atoms with Crippen LogP contribution in [0.1, 0.15) is 33.2 Å². The molecule has 1 aliphatic rings. The molecule has 0 aromatic heterocycles. The van der Waals surface area contributed by atoms with Gasteiger partial charge in [0.1, 0.15) is 28.9 Å². The third-order valence-corrected chi connectivity index (χ3v) is 5.51. The number of carbonyl (C=O) groups excluding carboxylic acids is 1. The quantitative estimate of drug-likeness (QED) is 0.221. The van der Waals surface area contributed by atoms with Crippen molar-refractivity contribution in [1.29, 1.82) is 0 Å². The molecule has 0 saturated carbocycles. The number of carbonyl (C=O) groups is 1. The van der Waals surface area contributed by atoms with E-state index in [0.29, 0.717) is 11.6 Å². The number of benzene rings is 3. The van der Waals surface area contributed by atoms with Crippen LogP contribution in [-0.2, 0) is 11.2 Å². The lowest BCUT2D eigenvalue weighted by Gasteiger charge is -2.34. The molecule has 11 heteroatoms. The second-order valence-corrected chi connectivity index (χ2v) is 7.78. The molecule has 1 unspecified atom stereocenters. The monoisotopic (exact) mass is 474 g/mol. The first-order chi connectivity index (χ1) is 16.0. The van der Waals surface area contributed by atoms with E-state index in [4.69, 9.17) is 9.47 Å². The third-order valence-electron chi connectivity index (χ3n) is 5.51. The molecular formula is C23H19FO10. The van der Waals surface area contributed by atoms with Crippen LogP contribution in [0.4, 0.5) is 4.39 Å². The van der Waals surface area contributed by atoms with Gasteiger partial charge >= 0.3 is 5.97 Å². The lowest BCUT2D eigenvalue weighted by atomic mass is 9.91. The van der Waals surface area contributed by atoms with Gasteiger partial charge in [0.25, 0.3) is 0 Å². The summed E-state index contributed by atoms with van der Waals surface area (Å²) in [5.74, 6) is -7.80. The predicted octanol–water partition coefficient (Wildman–Crippen LogP) is 2.98. The Labute approximate surface area is 190 Å². The first-order valence-electron chi connectivity index (χ1n) is 9.86. The van der Waals surface area contributed by atoms with Gasteiger partial charge in [0, 0.05) is 35.7 Å². The first-order valence-corrected chi connectivity index (χ1v) is 9.86. The maximum Gasteiger partial charge on any atom is 0.341 e. The van der Waals surface area contributed by atoms with E-state index >= 15 is 0 Å². The van der Waals surface area contributed by atoms with Crippen molar-refractivity contribution in [3.8, 4) is 46.0 Å². The van der Waals surface area contributed by atoms with Crippen LogP contribution in [0.5, 0.6) is 46.0 Å². The van der Waals surface area contributed by atoms with Crippen molar-refractivity contribution in [2.75, 3.05) is 0 Å². The van der Waals surface area contributed by atoms with Gasteiger partial charge in [-0.3, -0.25) is 0 Å². The molecule has 0 fully saturated rings. The van der Waals surface area contributed by atoms with Gasteiger partial charge in [0.2, 0.25) is 5.75 Å². The number of aromatic hydroxyl groups is 7. The summed E-state index contributed by atoms with van der Waals surface area (Å²) in [6, 6.07) is 5.29. The number of halogens is 1. The third kappa shape index (κ3) is 3.76. The van der Waals surface area contributed by atoms with E-state index in [2.05, 4.69) is 0 Å². The Morgan fingerprint density at radius 3 is 2.29 bits per heavy atom. The number of phenols is 7. The molecule has 3 aromatic carbocycles. The molecule has 1 aliphatic heterocycles. The molecule has 0 saturated heterocycles. The molecule has 10 nitrogen and oxygen atoms in total. The van der Waals surface area contributed by atoms with Gasteiger partial charge in [-0.25, -0.2) is 9.18 Å². The van der Waals surface area contributed by atoms with Crippen molar-refractivity contribution in [2.45, 2.75) is 25.6 Å². The molecule has 178 valence electrons. The average Bonchev–Trinajstić information content (AvgIpc) is 2.77. The first kappa shape index (κ1) is 22.6. The van der Waals surface area contributed by atoms with Crippen LogP contribution in [0.25, 0.3) is 0 Å². The highest BCUT2D eigenvalue weighted by atomic mass is 19.1. The van der Waals surface area contributed by atoms with Gasteiger partial charge in [0.05, 0.1) is 0 Å². The summed E-state index contributed by atoms with van der Waals surface area (Å²) in [5, 5.41) is 68.5. The van der Waals surface area contributed by atoms with E-state index in [-0.39, 0.29) is 34.8 Å². The van der Waals surface area contributed by atoms with Crippen LogP contribution < -0.4 is 4.74 Å². The molecule has 4 rings (SSSR count). The zero-order valence-electron chi connectivity index (χ0n) is 17.5.